The average Bonchev–Trinajstić information content (AvgIpc) is 2.36. The summed E-state index contributed by atoms with van der Waals surface area (Å²) in [7, 11) is 0. The van der Waals surface area contributed by atoms with Crippen LogP contribution in [0.5, 0.6) is 0 Å². The molecule has 0 heterocycles. The molecule has 0 aliphatic heterocycles. The standard InChI is InChI=1S/C9H11I/c10-9-6-2-4-7-3-1-5-8(7)9/h2,4,6,8-9H,1,3,5H2. The topological polar surface area (TPSA) is 0 Å². The molecule has 1 heteroatoms. The first-order chi connectivity index (χ1) is 4.88. The van der Waals surface area contributed by atoms with Crippen molar-refractivity contribution in [2.24, 2.45) is 5.92 Å². The summed E-state index contributed by atoms with van der Waals surface area (Å²) < 4.78 is 0.778. The molecule has 0 aromatic heterocycles. The molecule has 2 unspecified atom stereocenters. The molecule has 0 saturated heterocycles. The highest BCUT2D eigenvalue weighted by molar-refractivity contribution is 14.1. The van der Waals surface area contributed by atoms with Gasteiger partial charge in [0.05, 0.1) is 0 Å². The van der Waals surface area contributed by atoms with Crippen molar-refractivity contribution < 1.29 is 0 Å². The maximum absolute atomic E-state index is 2.55. The fraction of sp³-hybridized carbons (Fsp3) is 0.556. The maximum atomic E-state index is 2.55. The first kappa shape index (κ1) is 6.89. The molecule has 0 N–H and O–H groups in total. The lowest BCUT2D eigenvalue weighted by Gasteiger charge is -2.18. The molecule has 0 nitrogen and oxygen atoms in total. The summed E-state index contributed by atoms with van der Waals surface area (Å²) in [6.45, 7) is 0. The van der Waals surface area contributed by atoms with E-state index in [9.17, 15) is 0 Å². The van der Waals surface area contributed by atoms with Gasteiger partial charge in [0.15, 0.2) is 0 Å². The predicted octanol–water partition coefficient (Wildman–Crippen LogP) is 3.09. The highest BCUT2D eigenvalue weighted by Gasteiger charge is 2.26. The Balaban J connectivity index is 2.25. The van der Waals surface area contributed by atoms with Crippen LogP contribution in [0.4, 0.5) is 0 Å². The van der Waals surface area contributed by atoms with E-state index >= 15 is 0 Å². The van der Waals surface area contributed by atoms with Gasteiger partial charge < -0.3 is 0 Å². The number of halogens is 1. The van der Waals surface area contributed by atoms with Gasteiger partial charge in [-0.05, 0) is 25.2 Å². The molecule has 0 aromatic carbocycles. The van der Waals surface area contributed by atoms with E-state index in [2.05, 4.69) is 40.8 Å². The van der Waals surface area contributed by atoms with E-state index in [-0.39, 0.29) is 0 Å². The lowest BCUT2D eigenvalue weighted by Crippen LogP contribution is -2.11. The van der Waals surface area contributed by atoms with Crippen LogP contribution in [-0.4, -0.2) is 3.92 Å². The zero-order valence-electron chi connectivity index (χ0n) is 5.89. The number of allylic oxidation sites excluding steroid dienone is 4. The first-order valence-electron chi connectivity index (χ1n) is 3.89. The third-order valence-electron chi connectivity index (χ3n) is 2.45. The number of hydrogen-bond donors (Lipinski definition) is 0. The molecular formula is C9H11I. The largest absolute Gasteiger partial charge is 0.0774 e. The fourth-order valence-corrected chi connectivity index (χ4v) is 2.95. The average molecular weight is 246 g/mol. The van der Waals surface area contributed by atoms with Gasteiger partial charge in [0.25, 0.3) is 0 Å². The van der Waals surface area contributed by atoms with Crippen molar-refractivity contribution in [1.82, 2.24) is 0 Å². The molecule has 10 heavy (non-hydrogen) atoms. The zero-order chi connectivity index (χ0) is 6.97. The van der Waals surface area contributed by atoms with E-state index in [1.54, 1.807) is 5.57 Å². The minimum absolute atomic E-state index is 0.778. The Hall–Kier alpha value is 0.210. The fourth-order valence-electron chi connectivity index (χ4n) is 1.89. The minimum Gasteiger partial charge on any atom is -0.0774 e. The van der Waals surface area contributed by atoms with Crippen LogP contribution in [0.2, 0.25) is 0 Å². The van der Waals surface area contributed by atoms with Crippen LogP contribution in [0.25, 0.3) is 0 Å². The summed E-state index contributed by atoms with van der Waals surface area (Å²) in [4.78, 5) is 0. The van der Waals surface area contributed by atoms with E-state index in [0.717, 1.165) is 9.84 Å². The van der Waals surface area contributed by atoms with Crippen molar-refractivity contribution in [3.05, 3.63) is 23.8 Å². The molecular weight excluding hydrogens is 235 g/mol. The number of alkyl halides is 1. The highest BCUT2D eigenvalue weighted by atomic mass is 127. The summed E-state index contributed by atoms with van der Waals surface area (Å²) in [6.07, 6.45) is 11.0. The van der Waals surface area contributed by atoms with Crippen LogP contribution in [-0.2, 0) is 0 Å². The Morgan fingerprint density at radius 1 is 1.50 bits per heavy atom. The molecule has 2 aliphatic rings. The van der Waals surface area contributed by atoms with E-state index < -0.39 is 0 Å². The molecule has 0 amide bonds. The molecule has 0 spiro atoms. The van der Waals surface area contributed by atoms with Crippen LogP contribution in [0, 0.1) is 5.92 Å². The molecule has 1 fully saturated rings. The van der Waals surface area contributed by atoms with E-state index in [1.165, 1.54) is 19.3 Å². The van der Waals surface area contributed by atoms with E-state index in [4.69, 9.17) is 0 Å². The monoisotopic (exact) mass is 246 g/mol. The van der Waals surface area contributed by atoms with Gasteiger partial charge in [-0.1, -0.05) is 46.4 Å². The number of rotatable bonds is 0. The van der Waals surface area contributed by atoms with Gasteiger partial charge >= 0.3 is 0 Å². The van der Waals surface area contributed by atoms with Gasteiger partial charge in [0.1, 0.15) is 0 Å². The molecule has 0 aromatic rings. The van der Waals surface area contributed by atoms with Crippen molar-refractivity contribution in [3.8, 4) is 0 Å². The zero-order valence-corrected chi connectivity index (χ0v) is 8.04. The van der Waals surface area contributed by atoms with E-state index in [0.29, 0.717) is 0 Å². The molecule has 1 saturated carbocycles. The Bertz CT molecular complexity index is 191. The lowest BCUT2D eigenvalue weighted by molar-refractivity contribution is 0.659. The van der Waals surface area contributed by atoms with Crippen molar-refractivity contribution in [2.45, 2.75) is 23.2 Å². The van der Waals surface area contributed by atoms with Crippen LogP contribution >= 0.6 is 22.6 Å². The summed E-state index contributed by atoms with van der Waals surface area (Å²) in [5, 5.41) is 0. The molecule has 0 radical (unpaired) electrons. The Kier molecular flexibility index (Phi) is 1.85. The summed E-state index contributed by atoms with van der Waals surface area (Å²) >= 11 is 2.55. The van der Waals surface area contributed by atoms with Crippen LogP contribution < -0.4 is 0 Å². The lowest BCUT2D eigenvalue weighted by atomic mass is 9.95. The molecule has 0 bridgehead atoms. The number of hydrogen-bond acceptors (Lipinski definition) is 0. The molecule has 54 valence electrons. The second-order valence-electron chi connectivity index (χ2n) is 3.07. The smallest absolute Gasteiger partial charge is 0.0358 e. The van der Waals surface area contributed by atoms with Crippen molar-refractivity contribution >= 4 is 22.6 Å². The summed E-state index contributed by atoms with van der Waals surface area (Å²) in [5.41, 5.74) is 1.70. The second-order valence-corrected chi connectivity index (χ2v) is 4.51. The highest BCUT2D eigenvalue weighted by Crippen LogP contribution is 2.39. The van der Waals surface area contributed by atoms with Gasteiger partial charge in [-0.15, -0.1) is 0 Å². The van der Waals surface area contributed by atoms with E-state index in [1.807, 2.05) is 0 Å². The van der Waals surface area contributed by atoms with Gasteiger partial charge in [0, 0.05) is 3.92 Å². The number of fused-ring (bicyclic) bond motifs is 1. The Labute approximate surface area is 75.5 Å². The Morgan fingerprint density at radius 3 is 3.20 bits per heavy atom. The van der Waals surface area contributed by atoms with Crippen LogP contribution in [0.3, 0.4) is 0 Å². The molecule has 2 rings (SSSR count). The van der Waals surface area contributed by atoms with Crippen molar-refractivity contribution in [3.63, 3.8) is 0 Å². The second kappa shape index (κ2) is 2.68. The third kappa shape index (κ3) is 1.04. The van der Waals surface area contributed by atoms with Crippen molar-refractivity contribution in [2.75, 3.05) is 0 Å². The SMILES string of the molecule is IC1C=CC=C2CCCC21. The quantitative estimate of drug-likeness (QED) is 0.455. The van der Waals surface area contributed by atoms with Gasteiger partial charge in [0.2, 0.25) is 0 Å². The normalized spacial score (nSPS) is 37.5. The summed E-state index contributed by atoms with van der Waals surface area (Å²) in [5.74, 6) is 0.894. The first-order valence-corrected chi connectivity index (χ1v) is 5.14. The third-order valence-corrected chi connectivity index (χ3v) is 3.73. The minimum atomic E-state index is 0.778. The maximum Gasteiger partial charge on any atom is 0.0358 e. The van der Waals surface area contributed by atoms with Gasteiger partial charge in [-0.3, -0.25) is 0 Å². The summed E-state index contributed by atoms with van der Waals surface area (Å²) in [6, 6.07) is 0. The Morgan fingerprint density at radius 2 is 2.40 bits per heavy atom. The van der Waals surface area contributed by atoms with Gasteiger partial charge in [-0.2, -0.15) is 0 Å². The van der Waals surface area contributed by atoms with Crippen LogP contribution in [0.1, 0.15) is 19.3 Å². The van der Waals surface area contributed by atoms with Gasteiger partial charge in [-0.25, -0.2) is 0 Å². The molecule has 2 aliphatic carbocycles. The predicted molar refractivity (Wildman–Crippen MR) is 52.4 cm³/mol. The van der Waals surface area contributed by atoms with Crippen LogP contribution in [0.15, 0.2) is 23.8 Å². The molecule has 2 atom stereocenters. The van der Waals surface area contributed by atoms with Crippen molar-refractivity contribution in [1.29, 1.82) is 0 Å².